The predicted octanol–water partition coefficient (Wildman–Crippen LogP) is 0.554. The average Bonchev–Trinajstić information content (AvgIpc) is 2.35. The number of nitrogens with zero attached hydrogens (tertiary/aromatic N) is 2. The van der Waals surface area contributed by atoms with E-state index >= 15 is 0 Å². The van der Waals surface area contributed by atoms with Crippen LogP contribution in [0.25, 0.3) is 0 Å². The number of alkyl halides is 1. The third-order valence-corrected chi connectivity index (χ3v) is 2.21. The Kier molecular flexibility index (Phi) is 8.31. The van der Waals surface area contributed by atoms with Crippen molar-refractivity contribution in [2.45, 2.75) is 20.0 Å². The molecule has 0 aromatic heterocycles. The van der Waals surface area contributed by atoms with Crippen LogP contribution >= 0.6 is 11.6 Å². The summed E-state index contributed by atoms with van der Waals surface area (Å²) >= 11 is 5.26. The van der Waals surface area contributed by atoms with Crippen LogP contribution in [0.2, 0.25) is 0 Å². The van der Waals surface area contributed by atoms with Crippen molar-refractivity contribution in [1.29, 1.82) is 0 Å². The van der Waals surface area contributed by atoms with Gasteiger partial charge in [0, 0.05) is 0 Å². The van der Waals surface area contributed by atoms with E-state index in [1.165, 1.54) is 13.8 Å². The molecule has 0 aliphatic heterocycles. The lowest BCUT2D eigenvalue weighted by Crippen LogP contribution is -2.35. The molecule has 0 saturated heterocycles. The fourth-order valence-electron chi connectivity index (χ4n) is 1.12. The highest BCUT2D eigenvalue weighted by atomic mass is 35.5. The van der Waals surface area contributed by atoms with Crippen molar-refractivity contribution in [3.05, 3.63) is 20.2 Å². The van der Waals surface area contributed by atoms with Crippen molar-refractivity contribution in [1.82, 2.24) is 0 Å². The molecule has 0 fully saturated rings. The van der Waals surface area contributed by atoms with Crippen molar-refractivity contribution in [3.63, 3.8) is 0 Å². The average molecular weight is 331 g/mol. The van der Waals surface area contributed by atoms with E-state index in [1.807, 2.05) is 0 Å². The highest BCUT2D eigenvalue weighted by molar-refractivity contribution is 6.17. The second kappa shape index (κ2) is 9.13. The molecule has 0 radical (unpaired) electrons. The molecule has 0 aromatic carbocycles. The highest BCUT2D eigenvalue weighted by Crippen LogP contribution is 2.18. The normalized spacial score (nSPS) is 12.3. The first kappa shape index (κ1) is 19.1. The lowest BCUT2D eigenvalue weighted by atomic mass is 9.95. The van der Waals surface area contributed by atoms with Gasteiger partial charge >= 0.3 is 5.97 Å². The van der Waals surface area contributed by atoms with Crippen LogP contribution in [0.3, 0.4) is 0 Å². The quantitative estimate of drug-likeness (QED) is 0.230. The van der Waals surface area contributed by atoms with Gasteiger partial charge in [-0.05, 0) is 13.8 Å². The zero-order valence-corrected chi connectivity index (χ0v) is 12.1. The van der Waals surface area contributed by atoms with Crippen LogP contribution < -0.4 is 0 Å². The molecular weight excluding hydrogens is 316 g/mol. The smallest absolute Gasteiger partial charge is 0.315 e. The van der Waals surface area contributed by atoms with Crippen LogP contribution in [0, 0.1) is 25.6 Å². The van der Waals surface area contributed by atoms with E-state index in [-0.39, 0.29) is 19.3 Å². The van der Waals surface area contributed by atoms with Crippen LogP contribution in [-0.2, 0) is 23.9 Å². The summed E-state index contributed by atoms with van der Waals surface area (Å²) in [5.74, 6) is -0.620. The molecule has 0 rings (SSSR count). The number of halogens is 1. The third kappa shape index (κ3) is 8.81. The van der Waals surface area contributed by atoms with Crippen LogP contribution in [-0.4, -0.2) is 48.1 Å². The van der Waals surface area contributed by atoms with Gasteiger partial charge in [-0.3, -0.25) is 4.79 Å². The number of carbonyl (C=O) groups excluding carboxylic acids is 1. The fourth-order valence-corrected chi connectivity index (χ4v) is 1.22. The summed E-state index contributed by atoms with van der Waals surface area (Å²) in [6, 6.07) is -0.313. The van der Waals surface area contributed by atoms with Crippen LogP contribution in [0.4, 0.5) is 0 Å². The number of ether oxygens (including phenoxy) is 2. The summed E-state index contributed by atoms with van der Waals surface area (Å²) in [6.45, 7) is 1.81. The summed E-state index contributed by atoms with van der Waals surface area (Å²) in [7, 11) is 0. The number of esters is 1. The van der Waals surface area contributed by atoms with Gasteiger partial charge in [-0.25, -0.2) is 0 Å². The van der Waals surface area contributed by atoms with Gasteiger partial charge in [0.15, 0.2) is 12.2 Å². The lowest BCUT2D eigenvalue weighted by Gasteiger charge is -2.23. The molecule has 0 aliphatic carbocycles. The zero-order valence-electron chi connectivity index (χ0n) is 11.4. The second-order valence-corrected chi connectivity index (χ2v) is 4.63. The first-order valence-electron chi connectivity index (χ1n) is 5.58. The molecule has 0 aromatic rings. The van der Waals surface area contributed by atoms with Crippen molar-refractivity contribution < 1.29 is 34.1 Å². The first-order valence-corrected chi connectivity index (χ1v) is 6.12. The minimum Gasteiger partial charge on any atom is -0.449 e. The molecule has 0 heterocycles. The van der Waals surface area contributed by atoms with Crippen molar-refractivity contribution in [2.24, 2.45) is 5.41 Å². The van der Waals surface area contributed by atoms with Gasteiger partial charge in [0.2, 0.25) is 0 Å². The Morgan fingerprint density at radius 2 is 1.86 bits per heavy atom. The van der Waals surface area contributed by atoms with E-state index in [1.54, 1.807) is 0 Å². The van der Waals surface area contributed by atoms with E-state index < -0.39 is 34.3 Å². The van der Waals surface area contributed by atoms with E-state index in [2.05, 4.69) is 14.4 Å². The van der Waals surface area contributed by atoms with E-state index in [0.717, 1.165) is 0 Å². The second-order valence-electron chi connectivity index (χ2n) is 4.41. The Hall–Kier alpha value is -1.88. The van der Waals surface area contributed by atoms with E-state index in [0.29, 0.717) is 0 Å². The third-order valence-electron chi connectivity index (χ3n) is 2.11. The Balaban J connectivity index is 4.30. The fraction of sp³-hybridized carbons (Fsp3) is 0.889. The Morgan fingerprint density at radius 3 is 2.33 bits per heavy atom. The minimum atomic E-state index is -1.30. The number of carbonyl (C=O) groups is 1. The predicted molar refractivity (Wildman–Crippen MR) is 66.2 cm³/mol. The summed E-state index contributed by atoms with van der Waals surface area (Å²) in [5.41, 5.74) is -1.04. The maximum atomic E-state index is 11.5. The molecule has 0 saturated carbocycles. The zero-order chi connectivity index (χ0) is 16.5. The Morgan fingerprint density at radius 1 is 1.24 bits per heavy atom. The largest absolute Gasteiger partial charge is 0.449 e. The highest BCUT2D eigenvalue weighted by Gasteiger charge is 2.30. The molecule has 0 N–H and O–H groups in total. The van der Waals surface area contributed by atoms with Crippen molar-refractivity contribution in [3.8, 4) is 0 Å². The molecule has 0 aliphatic rings. The van der Waals surface area contributed by atoms with Gasteiger partial charge in [0.25, 0.3) is 10.2 Å². The maximum Gasteiger partial charge on any atom is 0.315 e. The summed E-state index contributed by atoms with van der Waals surface area (Å²) in [4.78, 5) is 39.9. The van der Waals surface area contributed by atoms with Crippen LogP contribution in [0.1, 0.15) is 13.8 Å². The van der Waals surface area contributed by atoms with E-state index in [9.17, 15) is 25.0 Å². The number of rotatable bonds is 11. The lowest BCUT2D eigenvalue weighted by molar-refractivity contribution is -0.790. The molecule has 1 atom stereocenters. The number of hydrogen-bond acceptors (Lipinski definition) is 9. The van der Waals surface area contributed by atoms with Crippen LogP contribution in [0.5, 0.6) is 0 Å². The van der Waals surface area contributed by atoms with Gasteiger partial charge in [-0.15, -0.1) is 20.2 Å². The van der Waals surface area contributed by atoms with Gasteiger partial charge < -0.3 is 19.1 Å². The molecule has 0 spiro atoms. The molecule has 0 amide bonds. The molecule has 21 heavy (non-hydrogen) atoms. The van der Waals surface area contributed by atoms with Crippen LogP contribution in [0.15, 0.2) is 0 Å². The first-order chi connectivity index (χ1) is 9.69. The van der Waals surface area contributed by atoms with Crippen molar-refractivity contribution in [2.75, 3.05) is 25.9 Å². The SMILES string of the molecule is CC(C)(COCC(CO[N+](=O)[O-])O[N+](=O)[O-])C(=O)OCCl. The number of hydrogen-bond donors (Lipinski definition) is 0. The molecule has 11 nitrogen and oxygen atoms in total. The molecular formula is C9H15ClN2O9. The maximum absolute atomic E-state index is 11.5. The van der Waals surface area contributed by atoms with Gasteiger partial charge in [-0.1, -0.05) is 11.6 Å². The summed E-state index contributed by atoms with van der Waals surface area (Å²) < 4.78 is 9.69. The van der Waals surface area contributed by atoms with Gasteiger partial charge in [0.05, 0.1) is 18.6 Å². The Labute approximate surface area is 124 Å². The van der Waals surface area contributed by atoms with Gasteiger partial charge in [0.1, 0.15) is 6.61 Å². The summed E-state index contributed by atoms with van der Waals surface area (Å²) in [5, 5.41) is 18.0. The molecule has 0 bridgehead atoms. The Bertz CT molecular complexity index is 376. The minimum absolute atomic E-state index is 0.154. The van der Waals surface area contributed by atoms with Crippen molar-refractivity contribution >= 4 is 17.6 Å². The molecule has 122 valence electrons. The molecule has 12 heteroatoms. The summed E-state index contributed by atoms with van der Waals surface area (Å²) in [6.07, 6.45) is -1.30. The topological polar surface area (TPSA) is 140 Å². The van der Waals surface area contributed by atoms with Gasteiger partial charge in [-0.2, -0.15) is 0 Å². The molecule has 1 unspecified atom stereocenters. The van der Waals surface area contributed by atoms with E-state index in [4.69, 9.17) is 16.3 Å². The monoisotopic (exact) mass is 330 g/mol. The standard InChI is InChI=1S/C9H15ClN2O9/c1-9(2,8(13)19-6-10)5-18-3-7(21-12(16)17)4-20-11(14)15/h7H,3-6H2,1-2H3.